The van der Waals surface area contributed by atoms with Crippen molar-refractivity contribution in [1.29, 1.82) is 0 Å². The Labute approximate surface area is 154 Å². The van der Waals surface area contributed by atoms with Gasteiger partial charge in [-0.3, -0.25) is 20.2 Å². The summed E-state index contributed by atoms with van der Waals surface area (Å²) in [6.07, 6.45) is 0.979. The molecular formula is C19H17N3O3S. The van der Waals surface area contributed by atoms with Gasteiger partial charge in [0, 0.05) is 28.1 Å². The van der Waals surface area contributed by atoms with Crippen LogP contribution in [0.15, 0.2) is 47.8 Å². The molecule has 6 nitrogen and oxygen atoms in total. The second-order valence-electron chi connectivity index (χ2n) is 5.80. The molecule has 1 aromatic heterocycles. The molecule has 0 saturated heterocycles. The summed E-state index contributed by atoms with van der Waals surface area (Å²) < 4.78 is 0. The number of carbonyl (C=O) groups is 1. The SMILES string of the molecule is CCc1ccc(-c2csc(NC(=O)c3ccc([N+](=O)[O-])c(C)c3)n2)cc1. The van der Waals surface area contributed by atoms with E-state index in [0.29, 0.717) is 16.3 Å². The molecule has 2 aromatic carbocycles. The number of nitro groups is 1. The number of anilines is 1. The van der Waals surface area contributed by atoms with Gasteiger partial charge in [0.15, 0.2) is 5.13 Å². The lowest BCUT2D eigenvalue weighted by Gasteiger charge is -2.03. The van der Waals surface area contributed by atoms with Crippen LogP contribution in [0.2, 0.25) is 0 Å². The maximum absolute atomic E-state index is 12.4. The molecule has 0 unspecified atom stereocenters. The van der Waals surface area contributed by atoms with E-state index in [1.165, 1.54) is 35.1 Å². The molecule has 7 heteroatoms. The van der Waals surface area contributed by atoms with Crippen LogP contribution in [0, 0.1) is 17.0 Å². The van der Waals surface area contributed by atoms with Crippen molar-refractivity contribution in [2.24, 2.45) is 0 Å². The topological polar surface area (TPSA) is 85.1 Å². The van der Waals surface area contributed by atoms with Gasteiger partial charge in [-0.05, 0) is 31.0 Å². The Hall–Kier alpha value is -3.06. The van der Waals surface area contributed by atoms with Gasteiger partial charge >= 0.3 is 0 Å². The van der Waals surface area contributed by atoms with Crippen molar-refractivity contribution in [3.63, 3.8) is 0 Å². The maximum atomic E-state index is 12.4. The molecule has 1 N–H and O–H groups in total. The fourth-order valence-electron chi connectivity index (χ4n) is 2.55. The molecular weight excluding hydrogens is 350 g/mol. The minimum Gasteiger partial charge on any atom is -0.298 e. The third kappa shape index (κ3) is 3.78. The summed E-state index contributed by atoms with van der Waals surface area (Å²) in [6, 6.07) is 12.4. The van der Waals surface area contributed by atoms with E-state index in [1.807, 2.05) is 17.5 Å². The molecule has 0 aliphatic carbocycles. The Morgan fingerprint density at radius 1 is 1.23 bits per heavy atom. The van der Waals surface area contributed by atoms with Gasteiger partial charge in [0.1, 0.15) is 0 Å². The fourth-order valence-corrected chi connectivity index (χ4v) is 3.26. The van der Waals surface area contributed by atoms with Crippen LogP contribution in [0.3, 0.4) is 0 Å². The van der Waals surface area contributed by atoms with Crippen LogP contribution in [0.25, 0.3) is 11.3 Å². The first-order valence-electron chi connectivity index (χ1n) is 8.09. The van der Waals surface area contributed by atoms with Crippen molar-refractivity contribution in [3.8, 4) is 11.3 Å². The number of benzene rings is 2. The quantitative estimate of drug-likeness (QED) is 0.516. The molecule has 1 amide bonds. The zero-order chi connectivity index (χ0) is 18.7. The predicted molar refractivity (Wildman–Crippen MR) is 103 cm³/mol. The molecule has 0 atom stereocenters. The molecule has 3 aromatic rings. The number of carbonyl (C=O) groups excluding carboxylic acids is 1. The fraction of sp³-hybridized carbons (Fsp3) is 0.158. The van der Waals surface area contributed by atoms with E-state index in [1.54, 1.807) is 6.92 Å². The Morgan fingerprint density at radius 3 is 2.58 bits per heavy atom. The van der Waals surface area contributed by atoms with Crippen LogP contribution in [0.1, 0.15) is 28.4 Å². The van der Waals surface area contributed by atoms with Crippen molar-refractivity contribution < 1.29 is 9.72 Å². The highest BCUT2D eigenvalue weighted by Gasteiger charge is 2.15. The molecule has 0 fully saturated rings. The molecule has 0 saturated carbocycles. The van der Waals surface area contributed by atoms with Crippen molar-refractivity contribution in [1.82, 2.24) is 4.98 Å². The average molecular weight is 367 g/mol. The normalized spacial score (nSPS) is 10.5. The van der Waals surface area contributed by atoms with E-state index in [9.17, 15) is 14.9 Å². The first-order chi connectivity index (χ1) is 12.5. The summed E-state index contributed by atoms with van der Waals surface area (Å²) in [5.41, 5.74) is 3.84. The van der Waals surface area contributed by atoms with E-state index in [0.717, 1.165) is 17.7 Å². The monoisotopic (exact) mass is 367 g/mol. The van der Waals surface area contributed by atoms with E-state index in [4.69, 9.17) is 0 Å². The van der Waals surface area contributed by atoms with Gasteiger partial charge in [0.25, 0.3) is 11.6 Å². The minimum atomic E-state index is -0.464. The standard InChI is InChI=1S/C19H17N3O3S/c1-3-13-4-6-14(7-5-13)16-11-26-19(20-16)21-18(23)15-8-9-17(22(24)25)12(2)10-15/h4-11H,3H2,1-2H3,(H,20,21,23). The number of hydrogen-bond acceptors (Lipinski definition) is 5. The molecule has 0 radical (unpaired) electrons. The number of nitrogens with one attached hydrogen (secondary N) is 1. The highest BCUT2D eigenvalue weighted by molar-refractivity contribution is 7.14. The van der Waals surface area contributed by atoms with Crippen molar-refractivity contribution in [3.05, 3.63) is 74.6 Å². The largest absolute Gasteiger partial charge is 0.298 e. The average Bonchev–Trinajstić information content (AvgIpc) is 3.09. The van der Waals surface area contributed by atoms with Crippen molar-refractivity contribution >= 4 is 28.1 Å². The van der Waals surface area contributed by atoms with Gasteiger partial charge in [0.2, 0.25) is 0 Å². The lowest BCUT2D eigenvalue weighted by molar-refractivity contribution is -0.385. The van der Waals surface area contributed by atoms with Gasteiger partial charge in [0.05, 0.1) is 10.6 Å². The maximum Gasteiger partial charge on any atom is 0.272 e. The van der Waals surface area contributed by atoms with Crippen LogP contribution < -0.4 is 5.32 Å². The Morgan fingerprint density at radius 2 is 1.96 bits per heavy atom. The molecule has 0 aliphatic rings. The highest BCUT2D eigenvalue weighted by atomic mass is 32.1. The highest BCUT2D eigenvalue weighted by Crippen LogP contribution is 2.26. The zero-order valence-electron chi connectivity index (χ0n) is 14.4. The first-order valence-corrected chi connectivity index (χ1v) is 8.97. The molecule has 3 rings (SSSR count). The Balaban J connectivity index is 1.75. The molecule has 132 valence electrons. The van der Waals surface area contributed by atoms with E-state index in [-0.39, 0.29) is 11.6 Å². The number of aryl methyl sites for hydroxylation is 2. The minimum absolute atomic E-state index is 0.00592. The van der Waals surface area contributed by atoms with Crippen LogP contribution in [0.5, 0.6) is 0 Å². The summed E-state index contributed by atoms with van der Waals surface area (Å²) in [6.45, 7) is 3.71. The van der Waals surface area contributed by atoms with Crippen molar-refractivity contribution in [2.75, 3.05) is 5.32 Å². The van der Waals surface area contributed by atoms with Gasteiger partial charge in [-0.1, -0.05) is 31.2 Å². The van der Waals surface area contributed by atoms with E-state index < -0.39 is 4.92 Å². The van der Waals surface area contributed by atoms with Gasteiger partial charge in [-0.25, -0.2) is 4.98 Å². The van der Waals surface area contributed by atoms with Gasteiger partial charge in [-0.15, -0.1) is 11.3 Å². The van der Waals surface area contributed by atoms with E-state index >= 15 is 0 Å². The third-order valence-electron chi connectivity index (χ3n) is 4.04. The first kappa shape index (κ1) is 17.8. The zero-order valence-corrected chi connectivity index (χ0v) is 15.2. The number of aromatic nitrogens is 1. The molecule has 0 aliphatic heterocycles. The van der Waals surface area contributed by atoms with Gasteiger partial charge < -0.3 is 0 Å². The molecule has 0 spiro atoms. The summed E-state index contributed by atoms with van der Waals surface area (Å²) >= 11 is 1.34. The number of nitrogens with zero attached hydrogens (tertiary/aromatic N) is 2. The molecule has 0 bridgehead atoms. The van der Waals surface area contributed by atoms with Crippen molar-refractivity contribution in [2.45, 2.75) is 20.3 Å². The summed E-state index contributed by atoms with van der Waals surface area (Å²) in [7, 11) is 0. The van der Waals surface area contributed by atoms with Crippen LogP contribution >= 0.6 is 11.3 Å². The lowest BCUT2D eigenvalue weighted by atomic mass is 10.1. The predicted octanol–water partition coefficient (Wildman–Crippen LogP) is 4.84. The van der Waals surface area contributed by atoms with Crippen LogP contribution in [0.4, 0.5) is 10.8 Å². The smallest absolute Gasteiger partial charge is 0.272 e. The van der Waals surface area contributed by atoms with Crippen LogP contribution in [-0.4, -0.2) is 15.8 Å². The number of thiazole rings is 1. The third-order valence-corrected chi connectivity index (χ3v) is 4.80. The number of nitro benzene ring substituents is 1. The van der Waals surface area contributed by atoms with Gasteiger partial charge in [-0.2, -0.15) is 0 Å². The lowest BCUT2D eigenvalue weighted by Crippen LogP contribution is -2.12. The number of hydrogen-bond donors (Lipinski definition) is 1. The summed E-state index contributed by atoms with van der Waals surface area (Å²) in [5.74, 6) is -0.342. The summed E-state index contributed by atoms with van der Waals surface area (Å²) in [5, 5.41) is 16.0. The second-order valence-corrected chi connectivity index (χ2v) is 6.66. The van der Waals surface area contributed by atoms with E-state index in [2.05, 4.69) is 29.4 Å². The second kappa shape index (κ2) is 7.45. The Kier molecular flexibility index (Phi) is 5.09. The summed E-state index contributed by atoms with van der Waals surface area (Å²) in [4.78, 5) is 27.2. The van der Waals surface area contributed by atoms with Crippen LogP contribution in [-0.2, 0) is 6.42 Å². The number of amides is 1. The molecule has 26 heavy (non-hydrogen) atoms. The Bertz CT molecular complexity index is 964. The number of rotatable bonds is 5. The molecule has 1 heterocycles.